The molecule has 1 atom stereocenters. The number of carbonyl (C=O) groups is 1. The Labute approximate surface area is 188 Å². The van der Waals surface area contributed by atoms with Crippen LogP contribution in [0, 0.1) is 6.92 Å². The Hall–Kier alpha value is -3.05. The summed E-state index contributed by atoms with van der Waals surface area (Å²) in [7, 11) is 0. The highest BCUT2D eigenvalue weighted by Crippen LogP contribution is 2.37. The van der Waals surface area contributed by atoms with Crippen molar-refractivity contribution < 1.29 is 4.79 Å². The number of amidine groups is 1. The van der Waals surface area contributed by atoms with E-state index in [0.29, 0.717) is 4.91 Å². The molecule has 0 bridgehead atoms. The maximum Gasteiger partial charge on any atom is 0.267 e. The number of hydrogen-bond donors (Lipinski definition) is 0. The molecule has 158 valence electrons. The molecule has 0 spiro atoms. The van der Waals surface area contributed by atoms with Crippen LogP contribution in [0.15, 0.2) is 77.3 Å². The lowest BCUT2D eigenvalue weighted by atomic mass is 10.1. The van der Waals surface area contributed by atoms with Crippen molar-refractivity contribution in [2.24, 2.45) is 4.99 Å². The summed E-state index contributed by atoms with van der Waals surface area (Å²) in [5.74, 6) is 0.0192. The third-order valence-corrected chi connectivity index (χ3v) is 6.54. The number of thioether (sulfide) groups is 1. The first kappa shape index (κ1) is 21.2. The first-order chi connectivity index (χ1) is 15.0. The third kappa shape index (κ3) is 4.23. The largest absolute Gasteiger partial charge is 0.343 e. The molecule has 0 radical (unpaired) electrons. The average Bonchev–Trinajstić information content (AvgIpc) is 3.27. The number of aliphatic imine (C=N–C) groups is 1. The van der Waals surface area contributed by atoms with E-state index < -0.39 is 0 Å². The number of carbonyl (C=O) groups excluding carboxylic acids is 1. The molecular formula is C26H27N3OS. The highest BCUT2D eigenvalue weighted by molar-refractivity contribution is 8.18. The van der Waals surface area contributed by atoms with Crippen LogP contribution in [0.4, 0.5) is 5.69 Å². The molecule has 0 unspecified atom stereocenters. The van der Waals surface area contributed by atoms with Crippen LogP contribution in [-0.4, -0.2) is 26.6 Å². The first-order valence-corrected chi connectivity index (χ1v) is 11.4. The van der Waals surface area contributed by atoms with Gasteiger partial charge in [-0.3, -0.25) is 9.69 Å². The van der Waals surface area contributed by atoms with Gasteiger partial charge in [-0.25, -0.2) is 4.99 Å². The van der Waals surface area contributed by atoms with Crippen molar-refractivity contribution in [3.63, 3.8) is 0 Å². The lowest BCUT2D eigenvalue weighted by Gasteiger charge is -2.22. The summed E-state index contributed by atoms with van der Waals surface area (Å²) in [5.41, 5.74) is 4.22. The predicted octanol–water partition coefficient (Wildman–Crippen LogP) is 6.54. The normalized spacial score (nSPS) is 17.8. The molecule has 31 heavy (non-hydrogen) atoms. The van der Waals surface area contributed by atoms with Gasteiger partial charge in [0.15, 0.2) is 5.17 Å². The molecule has 1 aliphatic heterocycles. The van der Waals surface area contributed by atoms with Crippen molar-refractivity contribution in [3.8, 4) is 0 Å². The summed E-state index contributed by atoms with van der Waals surface area (Å²) in [5, 5.41) is 1.87. The number of amides is 1. The van der Waals surface area contributed by atoms with E-state index in [4.69, 9.17) is 4.99 Å². The number of para-hydroxylation sites is 1. The summed E-state index contributed by atoms with van der Waals surface area (Å²) >= 11 is 1.45. The van der Waals surface area contributed by atoms with Crippen molar-refractivity contribution in [1.29, 1.82) is 0 Å². The van der Waals surface area contributed by atoms with E-state index in [1.54, 1.807) is 0 Å². The van der Waals surface area contributed by atoms with E-state index in [1.165, 1.54) is 17.3 Å². The number of aryl methyl sites for hydroxylation is 1. The van der Waals surface area contributed by atoms with Gasteiger partial charge in [0.05, 0.1) is 10.6 Å². The molecule has 2 heterocycles. The van der Waals surface area contributed by atoms with Crippen LogP contribution in [0.2, 0.25) is 0 Å². The third-order valence-electron chi connectivity index (χ3n) is 5.56. The molecule has 4 nitrogen and oxygen atoms in total. The summed E-state index contributed by atoms with van der Waals surface area (Å²) in [4.78, 5) is 20.7. The van der Waals surface area contributed by atoms with E-state index in [0.717, 1.165) is 40.3 Å². The smallest absolute Gasteiger partial charge is 0.267 e. The zero-order valence-corrected chi connectivity index (χ0v) is 19.0. The highest BCUT2D eigenvalue weighted by atomic mass is 32.2. The number of rotatable bonds is 6. The van der Waals surface area contributed by atoms with Crippen LogP contribution >= 0.6 is 11.8 Å². The van der Waals surface area contributed by atoms with Gasteiger partial charge in [-0.15, -0.1) is 6.58 Å². The molecule has 1 aliphatic rings. The Morgan fingerprint density at radius 2 is 1.90 bits per heavy atom. The maximum absolute atomic E-state index is 13.4. The fraction of sp³-hybridized carbons (Fsp3) is 0.231. The Morgan fingerprint density at radius 1 is 1.16 bits per heavy atom. The first-order valence-electron chi connectivity index (χ1n) is 10.6. The quantitative estimate of drug-likeness (QED) is 0.330. The molecule has 1 saturated heterocycles. The molecule has 0 aliphatic carbocycles. The molecule has 5 heteroatoms. The minimum Gasteiger partial charge on any atom is -0.343 e. The summed E-state index contributed by atoms with van der Waals surface area (Å²) in [6.45, 7) is 10.8. The lowest BCUT2D eigenvalue weighted by molar-refractivity contribution is -0.123. The second-order valence-electron chi connectivity index (χ2n) is 7.82. The van der Waals surface area contributed by atoms with Gasteiger partial charge < -0.3 is 4.57 Å². The van der Waals surface area contributed by atoms with Crippen molar-refractivity contribution >= 4 is 45.5 Å². The molecule has 2 aromatic carbocycles. The molecule has 4 rings (SSSR count). The standard InChI is InChI=1S/C26H27N3OS/c1-5-15-28-17-20(22-9-7-8-10-23(22)28)16-24-25(30)29(19(4)6-2)26(31-24)27-21-13-11-18(3)12-14-21/h5,7-14,16-17,19H,1,6,15H2,2-4H3/b24-16+,27-26?/t19-/m1/s1. The minimum atomic E-state index is 0.0192. The molecule has 0 saturated carbocycles. The van der Waals surface area contributed by atoms with E-state index in [2.05, 4.69) is 50.2 Å². The Morgan fingerprint density at radius 3 is 2.61 bits per heavy atom. The monoisotopic (exact) mass is 429 g/mol. The predicted molar refractivity (Wildman–Crippen MR) is 133 cm³/mol. The summed E-state index contributed by atoms with van der Waals surface area (Å²) in [6, 6.07) is 16.4. The number of aromatic nitrogens is 1. The maximum atomic E-state index is 13.4. The van der Waals surface area contributed by atoms with Crippen LogP contribution in [0.1, 0.15) is 31.4 Å². The summed E-state index contributed by atoms with van der Waals surface area (Å²) in [6.07, 6.45) is 6.85. The van der Waals surface area contributed by atoms with Crippen LogP contribution in [0.5, 0.6) is 0 Å². The number of benzene rings is 2. The van der Waals surface area contributed by atoms with E-state index in [1.807, 2.05) is 53.5 Å². The van der Waals surface area contributed by atoms with Crippen LogP contribution in [-0.2, 0) is 11.3 Å². The van der Waals surface area contributed by atoms with Crippen LogP contribution in [0.3, 0.4) is 0 Å². The molecule has 1 aromatic heterocycles. The van der Waals surface area contributed by atoms with Crippen molar-refractivity contribution in [2.45, 2.75) is 39.8 Å². The fourth-order valence-corrected chi connectivity index (χ4v) is 4.77. The second-order valence-corrected chi connectivity index (χ2v) is 8.82. The zero-order chi connectivity index (χ0) is 22.0. The van der Waals surface area contributed by atoms with Crippen molar-refractivity contribution in [2.75, 3.05) is 0 Å². The number of fused-ring (bicyclic) bond motifs is 1. The topological polar surface area (TPSA) is 37.6 Å². The molecular weight excluding hydrogens is 402 g/mol. The van der Waals surface area contributed by atoms with Gasteiger partial charge in [0.2, 0.25) is 0 Å². The van der Waals surface area contributed by atoms with E-state index in [9.17, 15) is 4.79 Å². The lowest BCUT2D eigenvalue weighted by Crippen LogP contribution is -2.36. The Bertz CT molecular complexity index is 1190. The van der Waals surface area contributed by atoms with Gasteiger partial charge in [-0.05, 0) is 56.3 Å². The van der Waals surface area contributed by atoms with Gasteiger partial charge in [0.25, 0.3) is 5.91 Å². The highest BCUT2D eigenvalue weighted by Gasteiger charge is 2.36. The van der Waals surface area contributed by atoms with Crippen LogP contribution < -0.4 is 0 Å². The molecule has 1 fully saturated rings. The Kier molecular flexibility index (Phi) is 6.14. The average molecular weight is 430 g/mol. The van der Waals surface area contributed by atoms with Gasteiger partial charge in [-0.2, -0.15) is 0 Å². The van der Waals surface area contributed by atoms with Gasteiger partial charge >= 0.3 is 0 Å². The van der Waals surface area contributed by atoms with E-state index in [-0.39, 0.29) is 11.9 Å². The minimum absolute atomic E-state index is 0.0192. The van der Waals surface area contributed by atoms with Crippen molar-refractivity contribution in [1.82, 2.24) is 9.47 Å². The number of hydrogen-bond acceptors (Lipinski definition) is 3. The van der Waals surface area contributed by atoms with Gasteiger partial charge in [-0.1, -0.05) is 48.9 Å². The zero-order valence-electron chi connectivity index (χ0n) is 18.2. The number of nitrogens with zero attached hydrogens (tertiary/aromatic N) is 3. The Balaban J connectivity index is 1.76. The number of allylic oxidation sites excluding steroid dienone is 1. The molecule has 1 amide bonds. The van der Waals surface area contributed by atoms with Crippen LogP contribution in [0.25, 0.3) is 17.0 Å². The van der Waals surface area contributed by atoms with Crippen molar-refractivity contribution in [3.05, 3.63) is 83.4 Å². The van der Waals surface area contributed by atoms with Gasteiger partial charge in [0.1, 0.15) is 0 Å². The SMILES string of the molecule is C=CCn1cc(/C=C2/SC(=Nc3ccc(C)cc3)N([C@H](C)CC)C2=O)c2ccccc21. The van der Waals surface area contributed by atoms with E-state index >= 15 is 0 Å². The summed E-state index contributed by atoms with van der Waals surface area (Å²) < 4.78 is 2.16. The fourth-order valence-electron chi connectivity index (χ4n) is 3.69. The molecule has 3 aromatic rings. The second kappa shape index (κ2) is 8.98. The molecule has 0 N–H and O–H groups in total. The van der Waals surface area contributed by atoms with Gasteiger partial charge in [0, 0.05) is 35.2 Å².